The second-order valence-corrected chi connectivity index (χ2v) is 11.0. The van der Waals surface area contributed by atoms with Crippen molar-refractivity contribution < 1.29 is 23.7 Å². The fourth-order valence-corrected chi connectivity index (χ4v) is 6.58. The molecule has 0 aliphatic carbocycles. The van der Waals surface area contributed by atoms with Gasteiger partial charge < -0.3 is 18.9 Å². The Bertz CT molecular complexity index is 1590. The van der Waals surface area contributed by atoms with Crippen molar-refractivity contribution in [2.75, 3.05) is 27.9 Å². The van der Waals surface area contributed by atoms with Crippen molar-refractivity contribution in [2.45, 2.75) is 19.9 Å². The number of carbonyl (C=O) groups is 1. The molecule has 0 amide bonds. The maximum Gasteiger partial charge on any atom is 0.338 e. The molecule has 0 unspecified atom stereocenters. The highest BCUT2D eigenvalue weighted by Gasteiger charge is 2.33. The van der Waals surface area contributed by atoms with Gasteiger partial charge in [-0.1, -0.05) is 17.4 Å². The second kappa shape index (κ2) is 11.4. The van der Waals surface area contributed by atoms with Crippen LogP contribution >= 0.6 is 49.9 Å². The molecule has 11 heteroatoms. The van der Waals surface area contributed by atoms with Crippen molar-refractivity contribution in [3.05, 3.63) is 80.5 Å². The van der Waals surface area contributed by atoms with Gasteiger partial charge in [0.15, 0.2) is 16.3 Å². The lowest BCUT2D eigenvalue weighted by molar-refractivity contribution is -0.139. The Morgan fingerprint density at radius 2 is 1.89 bits per heavy atom. The first kappa shape index (κ1) is 27.4. The molecule has 4 rings (SSSR count). The van der Waals surface area contributed by atoms with Crippen molar-refractivity contribution >= 4 is 61.9 Å². The largest absolute Gasteiger partial charge is 0.496 e. The van der Waals surface area contributed by atoms with Gasteiger partial charge in [-0.05, 0) is 93.8 Å². The molecule has 2 heterocycles. The molecule has 0 saturated carbocycles. The van der Waals surface area contributed by atoms with Gasteiger partial charge in [-0.15, -0.1) is 0 Å². The van der Waals surface area contributed by atoms with E-state index >= 15 is 0 Å². The first-order valence-corrected chi connectivity index (χ1v) is 13.9. The van der Waals surface area contributed by atoms with E-state index < -0.39 is 12.0 Å². The molecule has 37 heavy (non-hydrogen) atoms. The van der Waals surface area contributed by atoms with Crippen molar-refractivity contribution in [1.29, 1.82) is 0 Å². The minimum absolute atomic E-state index is 0.205. The molecule has 3 aromatic rings. The molecule has 0 fully saturated rings. The number of benzene rings is 2. The Hall–Kier alpha value is -2.64. The van der Waals surface area contributed by atoms with Crippen LogP contribution in [0, 0.1) is 3.57 Å². The number of ether oxygens (including phenoxy) is 4. The quantitative estimate of drug-likeness (QED) is 0.272. The molecular formula is C26H24BrIN2O6S. The van der Waals surface area contributed by atoms with Crippen LogP contribution in [0.5, 0.6) is 17.2 Å². The van der Waals surface area contributed by atoms with Crippen molar-refractivity contribution in [3.8, 4) is 17.2 Å². The summed E-state index contributed by atoms with van der Waals surface area (Å²) in [5.41, 5.74) is 2.05. The van der Waals surface area contributed by atoms with Gasteiger partial charge in [-0.2, -0.15) is 0 Å². The van der Waals surface area contributed by atoms with Crippen molar-refractivity contribution in [1.82, 2.24) is 4.57 Å². The minimum atomic E-state index is -0.717. The number of hydrogen-bond donors (Lipinski definition) is 0. The first-order valence-electron chi connectivity index (χ1n) is 11.2. The zero-order chi connectivity index (χ0) is 26.9. The topological polar surface area (TPSA) is 88.4 Å². The SMILES string of the molecule is CCOC(=O)C1=C(C)N=c2s/c(=C/c3cc(I)c(OC)c(OC)c3)c(=O)n2[C@H]1c1ccc(OC)c(Br)c1. The minimum Gasteiger partial charge on any atom is -0.496 e. The van der Waals surface area contributed by atoms with Crippen LogP contribution in [0.25, 0.3) is 6.08 Å². The van der Waals surface area contributed by atoms with Crippen LogP contribution in [0.2, 0.25) is 0 Å². The molecule has 1 aliphatic rings. The number of rotatable bonds is 7. The highest BCUT2D eigenvalue weighted by atomic mass is 127. The number of allylic oxidation sites excluding steroid dienone is 1. The van der Waals surface area contributed by atoms with E-state index in [1.165, 1.54) is 11.3 Å². The Balaban J connectivity index is 1.96. The molecule has 194 valence electrons. The maximum absolute atomic E-state index is 13.8. The number of aromatic nitrogens is 1. The van der Waals surface area contributed by atoms with Crippen LogP contribution in [0.3, 0.4) is 0 Å². The summed E-state index contributed by atoms with van der Waals surface area (Å²) < 4.78 is 25.2. The summed E-state index contributed by atoms with van der Waals surface area (Å²) >= 11 is 6.95. The van der Waals surface area contributed by atoms with E-state index in [0.29, 0.717) is 42.3 Å². The summed E-state index contributed by atoms with van der Waals surface area (Å²) in [6.07, 6.45) is 1.79. The zero-order valence-corrected chi connectivity index (χ0v) is 25.3. The molecule has 0 radical (unpaired) electrons. The smallest absolute Gasteiger partial charge is 0.338 e. The Morgan fingerprint density at radius 1 is 1.16 bits per heavy atom. The third-order valence-electron chi connectivity index (χ3n) is 5.76. The van der Waals surface area contributed by atoms with Gasteiger partial charge in [-0.3, -0.25) is 9.36 Å². The number of thiazole rings is 1. The van der Waals surface area contributed by atoms with E-state index in [9.17, 15) is 9.59 Å². The second-order valence-electron chi connectivity index (χ2n) is 7.93. The molecule has 8 nitrogen and oxygen atoms in total. The molecule has 0 N–H and O–H groups in total. The van der Waals surface area contributed by atoms with E-state index in [0.717, 1.165) is 14.7 Å². The van der Waals surface area contributed by atoms with E-state index in [4.69, 9.17) is 18.9 Å². The Morgan fingerprint density at radius 3 is 2.51 bits per heavy atom. The third-order valence-corrected chi connectivity index (χ3v) is 8.17. The van der Waals surface area contributed by atoms with Crippen LogP contribution < -0.4 is 29.1 Å². The molecule has 1 aromatic heterocycles. The normalized spacial score (nSPS) is 15.2. The average molecular weight is 699 g/mol. The van der Waals surface area contributed by atoms with Crippen molar-refractivity contribution in [3.63, 3.8) is 0 Å². The predicted molar refractivity (Wildman–Crippen MR) is 153 cm³/mol. The van der Waals surface area contributed by atoms with Gasteiger partial charge in [0.1, 0.15) is 5.75 Å². The lowest BCUT2D eigenvalue weighted by Gasteiger charge is -2.25. The van der Waals surface area contributed by atoms with E-state index in [1.54, 1.807) is 51.9 Å². The highest BCUT2D eigenvalue weighted by molar-refractivity contribution is 14.1. The molecule has 0 bridgehead atoms. The van der Waals surface area contributed by atoms with E-state index in [2.05, 4.69) is 43.5 Å². The van der Waals surface area contributed by atoms with Gasteiger partial charge in [0.2, 0.25) is 0 Å². The van der Waals surface area contributed by atoms with E-state index in [-0.39, 0.29) is 12.2 Å². The Labute approximate surface area is 239 Å². The number of methoxy groups -OCH3 is 3. The molecule has 0 spiro atoms. The van der Waals surface area contributed by atoms with Crippen molar-refractivity contribution in [2.24, 2.45) is 4.99 Å². The fourth-order valence-electron chi connectivity index (χ4n) is 4.13. The van der Waals surface area contributed by atoms with Gasteiger partial charge >= 0.3 is 5.97 Å². The highest BCUT2D eigenvalue weighted by Crippen LogP contribution is 2.36. The first-order chi connectivity index (χ1) is 17.7. The number of esters is 1. The Kier molecular flexibility index (Phi) is 8.44. The number of hydrogen-bond acceptors (Lipinski definition) is 8. The average Bonchev–Trinajstić information content (AvgIpc) is 3.16. The van der Waals surface area contributed by atoms with Crippen LogP contribution in [0.4, 0.5) is 0 Å². The van der Waals surface area contributed by atoms with Crippen LogP contribution in [-0.2, 0) is 9.53 Å². The lowest BCUT2D eigenvalue weighted by Crippen LogP contribution is -2.40. The number of fused-ring (bicyclic) bond motifs is 1. The fraction of sp³-hybridized carbons (Fsp3) is 0.269. The van der Waals surface area contributed by atoms with Crippen LogP contribution in [-0.4, -0.2) is 38.5 Å². The van der Waals surface area contributed by atoms with Gasteiger partial charge in [-0.25, -0.2) is 9.79 Å². The monoisotopic (exact) mass is 698 g/mol. The summed E-state index contributed by atoms with van der Waals surface area (Å²) in [6, 6.07) is 8.47. The van der Waals surface area contributed by atoms with Crippen LogP contribution in [0.15, 0.2) is 55.9 Å². The zero-order valence-electron chi connectivity index (χ0n) is 20.8. The third kappa shape index (κ3) is 5.21. The van der Waals surface area contributed by atoms with Gasteiger partial charge in [0, 0.05) is 0 Å². The summed E-state index contributed by atoms with van der Waals surface area (Å²) in [5, 5.41) is 0. The summed E-state index contributed by atoms with van der Waals surface area (Å²) in [7, 11) is 4.73. The molecular weight excluding hydrogens is 675 g/mol. The lowest BCUT2D eigenvalue weighted by atomic mass is 9.96. The molecule has 0 saturated heterocycles. The van der Waals surface area contributed by atoms with Gasteiger partial charge in [0.05, 0.1) is 57.8 Å². The maximum atomic E-state index is 13.8. The standard InChI is InChI=1S/C26H24BrIN2O6S/c1-6-36-25(32)21-13(2)29-26-30(22(21)15-7-8-18(33-3)16(27)12-15)24(31)20(37-26)11-14-9-17(28)23(35-5)19(10-14)34-4/h7-12,22H,6H2,1-5H3/b20-11+/t22-/m0/s1. The summed E-state index contributed by atoms with van der Waals surface area (Å²) in [6.45, 7) is 3.70. The summed E-state index contributed by atoms with van der Waals surface area (Å²) in [5.74, 6) is 1.32. The molecule has 1 aliphatic heterocycles. The molecule has 2 aromatic carbocycles. The summed E-state index contributed by atoms with van der Waals surface area (Å²) in [4.78, 5) is 32.0. The number of carbonyl (C=O) groups excluding carboxylic acids is 1. The van der Waals surface area contributed by atoms with E-state index in [1.807, 2.05) is 24.3 Å². The molecule has 1 atom stereocenters. The predicted octanol–water partition coefficient (Wildman–Crippen LogP) is 4.19. The van der Waals surface area contributed by atoms with Gasteiger partial charge in [0.25, 0.3) is 5.56 Å². The number of nitrogens with zero attached hydrogens (tertiary/aromatic N) is 2. The van der Waals surface area contributed by atoms with Crippen LogP contribution in [0.1, 0.15) is 31.0 Å². The number of halogens is 2.